The Morgan fingerprint density at radius 2 is 1.93 bits per heavy atom. The van der Waals surface area contributed by atoms with Gasteiger partial charge in [0.25, 0.3) is 0 Å². The number of halogens is 1. The fourth-order valence-corrected chi connectivity index (χ4v) is 4.22. The molecule has 2 unspecified atom stereocenters. The van der Waals surface area contributed by atoms with Gasteiger partial charge in [0, 0.05) is 26.1 Å². The number of likely N-dealkylation sites (tertiary alicyclic amines) is 1. The number of piperidine rings is 1. The maximum Gasteiger partial charge on any atom is 0.237 e. The zero-order chi connectivity index (χ0) is 19.3. The van der Waals surface area contributed by atoms with Crippen molar-refractivity contribution in [3.05, 3.63) is 35.9 Å². The molecule has 0 saturated carbocycles. The average Bonchev–Trinajstić information content (AvgIpc) is 3.22. The molecule has 5 nitrogen and oxygen atoms in total. The molecule has 2 aliphatic heterocycles. The van der Waals surface area contributed by atoms with Gasteiger partial charge in [0.15, 0.2) is 0 Å². The number of hydrogen-bond acceptors (Lipinski definition) is 3. The monoisotopic (exact) mass is 407 g/mol. The number of nitrogens with zero attached hydrogens (tertiary/aromatic N) is 1. The predicted molar refractivity (Wildman–Crippen MR) is 115 cm³/mol. The van der Waals surface area contributed by atoms with E-state index in [4.69, 9.17) is 0 Å². The highest BCUT2D eigenvalue weighted by molar-refractivity contribution is 5.85. The highest BCUT2D eigenvalue weighted by atomic mass is 35.5. The Morgan fingerprint density at radius 1 is 1.18 bits per heavy atom. The largest absolute Gasteiger partial charge is 0.354 e. The quantitative estimate of drug-likeness (QED) is 0.762. The van der Waals surface area contributed by atoms with E-state index in [1.54, 1.807) is 0 Å². The average molecular weight is 408 g/mol. The van der Waals surface area contributed by atoms with E-state index in [9.17, 15) is 9.59 Å². The van der Waals surface area contributed by atoms with E-state index in [2.05, 4.69) is 36.6 Å². The van der Waals surface area contributed by atoms with Crippen molar-refractivity contribution in [2.45, 2.75) is 57.4 Å². The van der Waals surface area contributed by atoms with Crippen molar-refractivity contribution in [3.8, 4) is 0 Å². The zero-order valence-electron chi connectivity index (χ0n) is 17.1. The summed E-state index contributed by atoms with van der Waals surface area (Å²) in [6, 6.07) is 10.2. The first-order valence-corrected chi connectivity index (χ1v) is 10.3. The highest BCUT2D eigenvalue weighted by Gasteiger charge is 2.30. The normalized spacial score (nSPS) is 22.4. The van der Waals surface area contributed by atoms with Crippen LogP contribution in [0.3, 0.4) is 0 Å². The number of hydrogen-bond donors (Lipinski definition) is 2. The Kier molecular flexibility index (Phi) is 8.32. The molecule has 2 amide bonds. The molecule has 2 heterocycles. The summed E-state index contributed by atoms with van der Waals surface area (Å²) in [5.74, 6) is 0.686. The van der Waals surface area contributed by atoms with Gasteiger partial charge in [0.05, 0.1) is 6.04 Å². The fraction of sp³-hybridized carbons (Fsp3) is 0.636. The Labute approximate surface area is 175 Å². The molecule has 0 bridgehead atoms. The van der Waals surface area contributed by atoms with Crippen LogP contribution in [0.4, 0.5) is 0 Å². The Morgan fingerprint density at radius 3 is 2.61 bits per heavy atom. The van der Waals surface area contributed by atoms with Crippen LogP contribution in [0.1, 0.15) is 51.5 Å². The van der Waals surface area contributed by atoms with Crippen LogP contribution in [0.5, 0.6) is 0 Å². The van der Waals surface area contributed by atoms with Crippen molar-refractivity contribution in [2.24, 2.45) is 5.92 Å². The van der Waals surface area contributed by atoms with Gasteiger partial charge in [-0.15, -0.1) is 12.4 Å². The third kappa shape index (κ3) is 5.95. The maximum atomic E-state index is 12.9. The fourth-order valence-electron chi connectivity index (χ4n) is 4.22. The summed E-state index contributed by atoms with van der Waals surface area (Å²) in [6.45, 7) is 7.46. The summed E-state index contributed by atoms with van der Waals surface area (Å²) in [5.41, 5.74) is 1.02. The molecule has 3 rings (SSSR count). The molecular weight excluding hydrogens is 374 g/mol. The van der Waals surface area contributed by atoms with Crippen LogP contribution in [0.15, 0.2) is 30.3 Å². The number of carbonyl (C=O) groups is 2. The van der Waals surface area contributed by atoms with E-state index >= 15 is 0 Å². The third-order valence-electron chi connectivity index (χ3n) is 5.96. The summed E-state index contributed by atoms with van der Waals surface area (Å²) < 4.78 is 0. The number of carbonyl (C=O) groups excluding carboxylic acids is 2. The molecule has 0 spiro atoms. The molecule has 0 radical (unpaired) electrons. The molecule has 2 saturated heterocycles. The molecule has 2 atom stereocenters. The first kappa shape index (κ1) is 22.7. The van der Waals surface area contributed by atoms with Gasteiger partial charge in [-0.1, -0.05) is 44.2 Å². The van der Waals surface area contributed by atoms with Gasteiger partial charge in [-0.3, -0.25) is 9.59 Å². The van der Waals surface area contributed by atoms with E-state index in [0.717, 1.165) is 45.3 Å². The van der Waals surface area contributed by atoms with Crippen LogP contribution in [0, 0.1) is 5.92 Å². The third-order valence-corrected chi connectivity index (χ3v) is 5.96. The molecule has 156 valence electrons. The van der Waals surface area contributed by atoms with Crippen molar-refractivity contribution < 1.29 is 9.59 Å². The van der Waals surface area contributed by atoms with Crippen molar-refractivity contribution >= 4 is 24.2 Å². The summed E-state index contributed by atoms with van der Waals surface area (Å²) in [6.07, 6.45) is 4.60. The Balaban J connectivity index is 0.00000280. The van der Waals surface area contributed by atoms with Gasteiger partial charge in [-0.25, -0.2) is 0 Å². The van der Waals surface area contributed by atoms with Gasteiger partial charge in [-0.05, 0) is 49.1 Å². The second-order valence-electron chi connectivity index (χ2n) is 8.67. The predicted octanol–water partition coefficient (Wildman–Crippen LogP) is 2.88. The van der Waals surface area contributed by atoms with Crippen molar-refractivity contribution in [1.29, 1.82) is 0 Å². The summed E-state index contributed by atoms with van der Waals surface area (Å²) in [4.78, 5) is 27.1. The number of nitrogens with one attached hydrogen (secondary N) is 2. The van der Waals surface area contributed by atoms with E-state index in [0.29, 0.717) is 18.9 Å². The first-order valence-electron chi connectivity index (χ1n) is 10.3. The summed E-state index contributed by atoms with van der Waals surface area (Å²) in [7, 11) is 0. The van der Waals surface area contributed by atoms with Crippen molar-refractivity contribution in [1.82, 2.24) is 15.5 Å². The van der Waals surface area contributed by atoms with Crippen LogP contribution in [-0.4, -0.2) is 48.9 Å². The first-order chi connectivity index (χ1) is 13.0. The van der Waals surface area contributed by atoms with Gasteiger partial charge in [0.1, 0.15) is 0 Å². The molecule has 0 aromatic heterocycles. The topological polar surface area (TPSA) is 61.4 Å². The molecule has 6 heteroatoms. The van der Waals surface area contributed by atoms with Crippen LogP contribution in [-0.2, 0) is 15.0 Å². The summed E-state index contributed by atoms with van der Waals surface area (Å²) in [5, 5.41) is 6.32. The smallest absolute Gasteiger partial charge is 0.237 e. The molecule has 28 heavy (non-hydrogen) atoms. The number of benzene rings is 1. The molecule has 1 aromatic carbocycles. The SMILES string of the molecule is CC(C)(CC(=O)N1CCCC(CNC(=O)C2CCCN2)C1)c1ccccc1.Cl. The minimum Gasteiger partial charge on any atom is -0.354 e. The molecule has 2 aliphatic rings. The lowest BCUT2D eigenvalue weighted by molar-refractivity contribution is -0.134. The lowest BCUT2D eigenvalue weighted by Gasteiger charge is -2.35. The lowest BCUT2D eigenvalue weighted by Crippen LogP contribution is -2.47. The summed E-state index contributed by atoms with van der Waals surface area (Å²) >= 11 is 0. The maximum absolute atomic E-state index is 12.9. The van der Waals surface area contributed by atoms with Gasteiger partial charge in [0.2, 0.25) is 11.8 Å². The van der Waals surface area contributed by atoms with Gasteiger partial charge in [-0.2, -0.15) is 0 Å². The Bertz CT molecular complexity index is 644. The molecular formula is C22H34ClN3O2. The molecule has 2 N–H and O–H groups in total. The van der Waals surface area contributed by atoms with Crippen molar-refractivity contribution in [3.63, 3.8) is 0 Å². The zero-order valence-corrected chi connectivity index (χ0v) is 17.9. The van der Waals surface area contributed by atoms with Crippen LogP contribution >= 0.6 is 12.4 Å². The highest BCUT2D eigenvalue weighted by Crippen LogP contribution is 2.28. The second kappa shape index (κ2) is 10.3. The lowest BCUT2D eigenvalue weighted by atomic mass is 9.81. The van der Waals surface area contributed by atoms with E-state index < -0.39 is 0 Å². The minimum atomic E-state index is -0.173. The Hall–Kier alpha value is -1.59. The number of rotatable bonds is 6. The van der Waals surface area contributed by atoms with E-state index in [1.165, 1.54) is 5.56 Å². The van der Waals surface area contributed by atoms with Crippen molar-refractivity contribution in [2.75, 3.05) is 26.2 Å². The molecule has 0 aliphatic carbocycles. The van der Waals surface area contributed by atoms with E-state index in [-0.39, 0.29) is 35.7 Å². The number of amides is 2. The molecule has 1 aromatic rings. The minimum absolute atomic E-state index is 0. The van der Waals surface area contributed by atoms with E-state index in [1.807, 2.05) is 23.1 Å². The molecule has 2 fully saturated rings. The second-order valence-corrected chi connectivity index (χ2v) is 8.67. The van der Waals surface area contributed by atoms with Crippen LogP contribution in [0.2, 0.25) is 0 Å². The standard InChI is InChI=1S/C22H33N3O2.ClH/c1-22(2,18-9-4-3-5-10-18)14-20(26)25-13-7-8-17(16-25)15-24-21(27)19-11-6-12-23-19;/h3-5,9-10,17,19,23H,6-8,11-16H2,1-2H3,(H,24,27);1H. The van der Waals surface area contributed by atoms with Crippen LogP contribution in [0.25, 0.3) is 0 Å². The van der Waals surface area contributed by atoms with Gasteiger partial charge < -0.3 is 15.5 Å². The van der Waals surface area contributed by atoms with Crippen LogP contribution < -0.4 is 10.6 Å². The van der Waals surface area contributed by atoms with Gasteiger partial charge >= 0.3 is 0 Å².